The number of carbonyl (C=O) groups is 1. The number of piperidine rings is 1. The Labute approximate surface area is 128 Å². The van der Waals surface area contributed by atoms with Crippen LogP contribution >= 0.6 is 12.4 Å². The van der Waals surface area contributed by atoms with Gasteiger partial charge in [-0.05, 0) is 46.2 Å². The average molecular weight is 309 g/mol. The van der Waals surface area contributed by atoms with Gasteiger partial charge >= 0.3 is 0 Å². The predicted octanol–water partition coefficient (Wildman–Crippen LogP) is 1.36. The van der Waals surface area contributed by atoms with Gasteiger partial charge in [-0.15, -0.1) is 12.4 Å². The molecular weight excluding hydrogens is 280 g/mol. The monoisotopic (exact) mass is 308 g/mol. The Morgan fingerprint density at radius 2 is 2.00 bits per heavy atom. The van der Waals surface area contributed by atoms with E-state index in [-0.39, 0.29) is 29.8 Å². The third-order valence-electron chi connectivity index (χ3n) is 3.52. The summed E-state index contributed by atoms with van der Waals surface area (Å²) in [6, 6.07) is 0. The van der Waals surface area contributed by atoms with Crippen LogP contribution in [0.5, 0.6) is 0 Å². The second kappa shape index (κ2) is 10.4. The van der Waals surface area contributed by atoms with Crippen molar-refractivity contribution in [3.8, 4) is 0 Å². The molecule has 2 N–H and O–H groups in total. The zero-order valence-corrected chi connectivity index (χ0v) is 13.7. The van der Waals surface area contributed by atoms with Gasteiger partial charge in [-0.3, -0.25) is 4.79 Å². The summed E-state index contributed by atoms with van der Waals surface area (Å²) in [5.41, 5.74) is -0.348. The molecule has 120 valence electrons. The highest BCUT2D eigenvalue weighted by atomic mass is 35.5. The van der Waals surface area contributed by atoms with Crippen molar-refractivity contribution < 1.29 is 14.3 Å². The molecular formula is C14H29ClN2O3. The predicted molar refractivity (Wildman–Crippen MR) is 82.4 cm³/mol. The van der Waals surface area contributed by atoms with Gasteiger partial charge in [-0.25, -0.2) is 0 Å². The highest BCUT2D eigenvalue weighted by Crippen LogP contribution is 2.29. The van der Waals surface area contributed by atoms with Gasteiger partial charge in [-0.1, -0.05) is 0 Å². The summed E-state index contributed by atoms with van der Waals surface area (Å²) in [5.74, 6) is 0.125. The number of halogens is 1. The number of ether oxygens (including phenoxy) is 2. The van der Waals surface area contributed by atoms with Crippen molar-refractivity contribution in [3.63, 3.8) is 0 Å². The molecule has 0 saturated carbocycles. The van der Waals surface area contributed by atoms with E-state index in [2.05, 4.69) is 10.6 Å². The second-order valence-corrected chi connectivity index (χ2v) is 5.49. The minimum atomic E-state index is -0.348. The average Bonchev–Trinajstić information content (AvgIpc) is 2.39. The number of carbonyl (C=O) groups excluding carboxylic acids is 1. The normalized spacial score (nSPS) is 17.6. The number of methoxy groups -OCH3 is 1. The Balaban J connectivity index is 0.00000361. The molecule has 1 rings (SSSR count). The van der Waals surface area contributed by atoms with Crippen LogP contribution in [0.4, 0.5) is 0 Å². The molecule has 6 heteroatoms. The molecule has 1 fully saturated rings. The van der Waals surface area contributed by atoms with Crippen molar-refractivity contribution in [2.24, 2.45) is 5.41 Å². The summed E-state index contributed by atoms with van der Waals surface area (Å²) < 4.78 is 10.7. The maximum absolute atomic E-state index is 12.3. The molecule has 0 radical (unpaired) electrons. The largest absolute Gasteiger partial charge is 0.384 e. The second-order valence-electron chi connectivity index (χ2n) is 5.49. The van der Waals surface area contributed by atoms with Crippen molar-refractivity contribution >= 4 is 18.3 Å². The first kappa shape index (κ1) is 19.6. The Morgan fingerprint density at radius 3 is 2.55 bits per heavy atom. The quantitative estimate of drug-likeness (QED) is 0.665. The summed E-state index contributed by atoms with van der Waals surface area (Å²) in [5, 5.41) is 6.31. The van der Waals surface area contributed by atoms with Crippen LogP contribution < -0.4 is 10.6 Å². The van der Waals surface area contributed by atoms with Gasteiger partial charge in [0.25, 0.3) is 0 Å². The number of hydrogen-bond acceptors (Lipinski definition) is 4. The lowest BCUT2D eigenvalue weighted by atomic mass is 9.78. The maximum Gasteiger partial charge on any atom is 0.228 e. The molecule has 1 aliphatic rings. The van der Waals surface area contributed by atoms with Crippen LogP contribution in [0, 0.1) is 5.41 Å². The molecule has 5 nitrogen and oxygen atoms in total. The van der Waals surface area contributed by atoms with E-state index in [1.165, 1.54) is 0 Å². The molecule has 0 unspecified atom stereocenters. The number of rotatable bonds is 8. The Bertz CT molecular complexity index is 264. The van der Waals surface area contributed by atoms with Crippen LogP contribution in [0.15, 0.2) is 0 Å². The van der Waals surface area contributed by atoms with Crippen LogP contribution in [-0.2, 0) is 14.3 Å². The number of amides is 1. The maximum atomic E-state index is 12.3. The third-order valence-corrected chi connectivity index (χ3v) is 3.52. The topological polar surface area (TPSA) is 59.6 Å². The molecule has 1 heterocycles. The summed E-state index contributed by atoms with van der Waals surface area (Å²) in [6.45, 7) is 7.66. The highest BCUT2D eigenvalue weighted by Gasteiger charge is 2.39. The smallest absolute Gasteiger partial charge is 0.228 e. The van der Waals surface area contributed by atoms with Gasteiger partial charge in [-0.2, -0.15) is 0 Å². The first-order valence-electron chi connectivity index (χ1n) is 7.20. The minimum absolute atomic E-state index is 0. The lowest BCUT2D eigenvalue weighted by Crippen LogP contribution is -2.50. The Kier molecular flexibility index (Phi) is 10.2. The Morgan fingerprint density at radius 1 is 1.35 bits per heavy atom. The van der Waals surface area contributed by atoms with E-state index in [1.807, 2.05) is 13.8 Å². The van der Waals surface area contributed by atoms with Crippen molar-refractivity contribution in [1.29, 1.82) is 0 Å². The van der Waals surface area contributed by atoms with E-state index in [4.69, 9.17) is 9.47 Å². The van der Waals surface area contributed by atoms with Crippen LogP contribution in [0.1, 0.15) is 33.1 Å². The molecule has 0 aromatic carbocycles. The number of nitrogens with one attached hydrogen (secondary N) is 2. The van der Waals surface area contributed by atoms with Gasteiger partial charge in [0.2, 0.25) is 5.91 Å². The molecule has 0 atom stereocenters. The van der Waals surface area contributed by atoms with E-state index >= 15 is 0 Å². The van der Waals surface area contributed by atoms with Crippen LogP contribution in [0.3, 0.4) is 0 Å². The van der Waals surface area contributed by atoms with Crippen molar-refractivity contribution in [2.75, 3.05) is 40.0 Å². The first-order chi connectivity index (χ1) is 9.10. The van der Waals surface area contributed by atoms with E-state index in [0.717, 1.165) is 32.4 Å². The summed E-state index contributed by atoms with van der Waals surface area (Å²) in [7, 11) is 1.66. The fourth-order valence-electron chi connectivity index (χ4n) is 2.40. The lowest BCUT2D eigenvalue weighted by molar-refractivity contribution is -0.136. The van der Waals surface area contributed by atoms with Crippen molar-refractivity contribution in [1.82, 2.24) is 10.6 Å². The van der Waals surface area contributed by atoms with Crippen LogP contribution in [0.2, 0.25) is 0 Å². The molecule has 20 heavy (non-hydrogen) atoms. The van der Waals surface area contributed by atoms with E-state index in [0.29, 0.717) is 19.8 Å². The molecule has 0 aliphatic carbocycles. The molecule has 1 saturated heterocycles. The van der Waals surface area contributed by atoms with E-state index in [9.17, 15) is 4.79 Å². The lowest BCUT2D eigenvalue weighted by Gasteiger charge is -2.35. The van der Waals surface area contributed by atoms with Gasteiger partial charge in [0.1, 0.15) is 0 Å². The van der Waals surface area contributed by atoms with Crippen molar-refractivity contribution in [3.05, 3.63) is 0 Å². The summed E-state index contributed by atoms with van der Waals surface area (Å²) in [4.78, 5) is 12.3. The van der Waals surface area contributed by atoms with Gasteiger partial charge in [0.15, 0.2) is 0 Å². The molecule has 1 amide bonds. The fourth-order valence-corrected chi connectivity index (χ4v) is 2.40. The van der Waals surface area contributed by atoms with Gasteiger partial charge < -0.3 is 20.1 Å². The zero-order valence-electron chi connectivity index (χ0n) is 12.9. The standard InChI is InChI=1S/C14H28N2O3.ClH/c1-12(2)19-10-4-7-16-13(17)14(11-18-3)5-8-15-9-6-14;/h12,15H,4-11H2,1-3H3,(H,16,17);1H. The summed E-state index contributed by atoms with van der Waals surface area (Å²) >= 11 is 0. The zero-order chi connectivity index (χ0) is 14.1. The Hall–Kier alpha value is -0.360. The molecule has 0 aromatic heterocycles. The van der Waals surface area contributed by atoms with Crippen molar-refractivity contribution in [2.45, 2.75) is 39.2 Å². The minimum Gasteiger partial charge on any atom is -0.384 e. The van der Waals surface area contributed by atoms with Crippen LogP contribution in [-0.4, -0.2) is 52.0 Å². The first-order valence-corrected chi connectivity index (χ1v) is 7.20. The highest BCUT2D eigenvalue weighted by molar-refractivity contribution is 5.85. The van der Waals surface area contributed by atoms with Gasteiger partial charge in [0.05, 0.1) is 18.1 Å². The van der Waals surface area contributed by atoms with E-state index in [1.54, 1.807) is 7.11 Å². The van der Waals surface area contributed by atoms with Crippen LogP contribution in [0.25, 0.3) is 0 Å². The molecule has 0 spiro atoms. The number of hydrogen-bond donors (Lipinski definition) is 2. The molecule has 0 bridgehead atoms. The summed E-state index contributed by atoms with van der Waals surface area (Å²) in [6.07, 6.45) is 2.79. The SMILES string of the molecule is COCC1(C(=O)NCCCOC(C)C)CCNCC1.Cl. The molecule has 0 aromatic rings. The van der Waals surface area contributed by atoms with Gasteiger partial charge in [0, 0.05) is 20.3 Å². The fraction of sp³-hybridized carbons (Fsp3) is 0.929. The third kappa shape index (κ3) is 6.39. The van der Waals surface area contributed by atoms with E-state index < -0.39 is 0 Å². The molecule has 1 aliphatic heterocycles.